The number of anilines is 1. The van der Waals surface area contributed by atoms with Gasteiger partial charge in [-0.1, -0.05) is 26.0 Å². The molecule has 1 heterocycles. The number of hydrogen-bond acceptors (Lipinski definition) is 4. The van der Waals surface area contributed by atoms with Crippen molar-refractivity contribution in [3.63, 3.8) is 0 Å². The summed E-state index contributed by atoms with van der Waals surface area (Å²) in [5.41, 5.74) is 2.36. The Labute approximate surface area is 166 Å². The van der Waals surface area contributed by atoms with Crippen molar-refractivity contribution >= 4 is 27.5 Å². The molecule has 1 N–H and O–H groups in total. The number of benzene rings is 1. The summed E-state index contributed by atoms with van der Waals surface area (Å²) in [6.07, 6.45) is 0. The van der Waals surface area contributed by atoms with Crippen LogP contribution in [-0.2, 0) is 22.7 Å². The van der Waals surface area contributed by atoms with E-state index in [2.05, 4.69) is 35.1 Å². The van der Waals surface area contributed by atoms with E-state index in [1.165, 1.54) is 17.2 Å². The normalized spacial score (nSPS) is 10.7. The fourth-order valence-electron chi connectivity index (χ4n) is 2.74. The number of nitriles is 1. The first-order valence-corrected chi connectivity index (χ1v) is 9.30. The molecule has 2 aromatic rings. The first-order valence-electron chi connectivity index (χ1n) is 8.50. The number of pyridine rings is 1. The van der Waals surface area contributed by atoms with Gasteiger partial charge in [-0.2, -0.15) is 5.26 Å². The summed E-state index contributed by atoms with van der Waals surface area (Å²) in [6.45, 7) is 5.86. The Morgan fingerprint density at radius 2 is 1.96 bits per heavy atom. The molecule has 0 fully saturated rings. The first-order chi connectivity index (χ1) is 12.8. The van der Waals surface area contributed by atoms with Crippen molar-refractivity contribution in [3.05, 3.63) is 61.5 Å². The molecule has 0 atom stereocenters. The number of nitrogens with zero attached hydrogens (tertiary/aromatic N) is 2. The van der Waals surface area contributed by atoms with E-state index in [9.17, 15) is 14.9 Å². The lowest BCUT2D eigenvalue weighted by atomic mass is 10.0. The van der Waals surface area contributed by atoms with Crippen LogP contribution in [0.1, 0.15) is 42.1 Å². The molecule has 0 saturated heterocycles. The highest BCUT2D eigenvalue weighted by Gasteiger charge is 2.19. The molecule has 0 aliphatic rings. The molecule has 0 spiro atoms. The Hall–Kier alpha value is -2.43. The first kappa shape index (κ1) is 20.9. The average Bonchev–Trinajstić information content (AvgIpc) is 2.64. The molecule has 0 saturated carbocycles. The quantitative estimate of drug-likeness (QED) is 0.755. The van der Waals surface area contributed by atoms with Gasteiger partial charge >= 0.3 is 0 Å². The summed E-state index contributed by atoms with van der Waals surface area (Å²) in [5, 5.41) is 12.2. The van der Waals surface area contributed by atoms with E-state index in [1.807, 2.05) is 30.3 Å². The number of carbonyl (C=O) groups is 1. The standard InChI is InChI=1S/C20H22BrN3O3/c1-12(2)14-5-7-15(8-6-14)23-18(25)10-24-13(3)19(21)17(11-27-4)16(9-22)20(24)26/h5-8,12H,10-11H2,1-4H3,(H,23,25). The number of carbonyl (C=O) groups excluding carboxylic acids is 1. The summed E-state index contributed by atoms with van der Waals surface area (Å²) in [7, 11) is 1.49. The second-order valence-corrected chi connectivity index (χ2v) is 7.31. The maximum Gasteiger partial charge on any atom is 0.269 e. The van der Waals surface area contributed by atoms with Crippen molar-refractivity contribution in [2.24, 2.45) is 0 Å². The Morgan fingerprint density at radius 1 is 1.33 bits per heavy atom. The topological polar surface area (TPSA) is 84.1 Å². The minimum absolute atomic E-state index is 0.0246. The SMILES string of the molecule is COCc1c(Br)c(C)n(CC(=O)Nc2ccc(C(C)C)cc2)c(=O)c1C#N. The van der Waals surface area contributed by atoms with Crippen LogP contribution in [0.4, 0.5) is 5.69 Å². The van der Waals surface area contributed by atoms with Gasteiger partial charge in [0, 0.05) is 28.5 Å². The lowest BCUT2D eigenvalue weighted by Gasteiger charge is -2.16. The van der Waals surface area contributed by atoms with Crippen LogP contribution in [0, 0.1) is 18.3 Å². The van der Waals surface area contributed by atoms with Crippen LogP contribution in [0.15, 0.2) is 33.5 Å². The Kier molecular flexibility index (Phi) is 6.94. The Morgan fingerprint density at radius 3 is 2.48 bits per heavy atom. The van der Waals surface area contributed by atoms with Crippen molar-refractivity contribution < 1.29 is 9.53 Å². The van der Waals surface area contributed by atoms with Crippen LogP contribution in [0.5, 0.6) is 0 Å². The summed E-state index contributed by atoms with van der Waals surface area (Å²) in [6, 6.07) is 9.51. The maximum absolute atomic E-state index is 12.7. The van der Waals surface area contributed by atoms with E-state index in [0.29, 0.717) is 27.3 Å². The third-order valence-corrected chi connectivity index (χ3v) is 5.36. The fourth-order valence-corrected chi connectivity index (χ4v) is 3.27. The zero-order chi connectivity index (χ0) is 20.1. The molecule has 0 aliphatic carbocycles. The number of ether oxygens (including phenoxy) is 1. The highest BCUT2D eigenvalue weighted by Crippen LogP contribution is 2.23. The van der Waals surface area contributed by atoms with Crippen molar-refractivity contribution in [1.82, 2.24) is 4.57 Å². The van der Waals surface area contributed by atoms with Gasteiger partial charge in [0.1, 0.15) is 18.2 Å². The second kappa shape index (κ2) is 8.98. The summed E-state index contributed by atoms with van der Waals surface area (Å²) in [5.74, 6) is 0.0659. The molecule has 1 aromatic carbocycles. The van der Waals surface area contributed by atoms with E-state index < -0.39 is 5.56 Å². The molecule has 0 bridgehead atoms. The predicted octanol–water partition coefficient (Wildman–Crippen LogP) is 3.70. The molecule has 0 unspecified atom stereocenters. The van der Waals surface area contributed by atoms with Crippen molar-refractivity contribution in [3.8, 4) is 6.07 Å². The van der Waals surface area contributed by atoms with Crippen LogP contribution in [0.3, 0.4) is 0 Å². The highest BCUT2D eigenvalue weighted by atomic mass is 79.9. The van der Waals surface area contributed by atoms with Gasteiger partial charge in [0.05, 0.1) is 6.61 Å². The molecule has 2 rings (SSSR count). The summed E-state index contributed by atoms with van der Waals surface area (Å²) in [4.78, 5) is 25.1. The molecule has 1 amide bonds. The zero-order valence-corrected chi connectivity index (χ0v) is 17.4. The third kappa shape index (κ3) is 4.65. The number of methoxy groups -OCH3 is 1. The third-order valence-electron chi connectivity index (χ3n) is 4.31. The van der Waals surface area contributed by atoms with Crippen LogP contribution in [0.25, 0.3) is 0 Å². The van der Waals surface area contributed by atoms with Crippen molar-refractivity contribution in [2.75, 3.05) is 12.4 Å². The minimum Gasteiger partial charge on any atom is -0.380 e. The van der Waals surface area contributed by atoms with Gasteiger partial charge in [0.15, 0.2) is 0 Å². The van der Waals surface area contributed by atoms with Crippen molar-refractivity contribution in [2.45, 2.75) is 39.8 Å². The molecule has 1 aromatic heterocycles. The van der Waals surface area contributed by atoms with Gasteiger partial charge in [0.2, 0.25) is 5.91 Å². The average molecular weight is 432 g/mol. The van der Waals surface area contributed by atoms with Gasteiger partial charge in [-0.05, 0) is 46.5 Å². The molecule has 6 nitrogen and oxygen atoms in total. The van der Waals surface area contributed by atoms with Gasteiger partial charge in [-0.15, -0.1) is 0 Å². The van der Waals surface area contributed by atoms with Gasteiger partial charge in [-0.25, -0.2) is 0 Å². The molecular weight excluding hydrogens is 410 g/mol. The summed E-state index contributed by atoms with van der Waals surface area (Å²) >= 11 is 3.41. The van der Waals surface area contributed by atoms with E-state index in [-0.39, 0.29) is 24.6 Å². The number of amides is 1. The lowest BCUT2D eigenvalue weighted by Crippen LogP contribution is -2.32. The van der Waals surface area contributed by atoms with Crippen molar-refractivity contribution in [1.29, 1.82) is 5.26 Å². The van der Waals surface area contributed by atoms with Gasteiger partial charge in [0.25, 0.3) is 5.56 Å². The van der Waals surface area contributed by atoms with E-state index in [4.69, 9.17) is 4.74 Å². The molecule has 142 valence electrons. The Bertz CT molecular complexity index is 941. The minimum atomic E-state index is -0.504. The highest BCUT2D eigenvalue weighted by molar-refractivity contribution is 9.10. The number of rotatable bonds is 6. The maximum atomic E-state index is 12.7. The van der Waals surface area contributed by atoms with Gasteiger partial charge < -0.3 is 14.6 Å². The second-order valence-electron chi connectivity index (χ2n) is 6.51. The largest absolute Gasteiger partial charge is 0.380 e. The van der Waals surface area contributed by atoms with Gasteiger partial charge in [-0.3, -0.25) is 9.59 Å². The van der Waals surface area contributed by atoms with E-state index in [1.54, 1.807) is 6.92 Å². The van der Waals surface area contributed by atoms with Crippen LogP contribution < -0.4 is 10.9 Å². The lowest BCUT2D eigenvalue weighted by molar-refractivity contribution is -0.116. The molecule has 7 heteroatoms. The molecule has 0 aliphatic heterocycles. The van der Waals surface area contributed by atoms with E-state index in [0.717, 1.165) is 0 Å². The summed E-state index contributed by atoms with van der Waals surface area (Å²) < 4.78 is 6.96. The molecular formula is C20H22BrN3O3. The Balaban J connectivity index is 2.29. The number of hydrogen-bond donors (Lipinski definition) is 1. The molecule has 27 heavy (non-hydrogen) atoms. The van der Waals surface area contributed by atoms with Crippen LogP contribution >= 0.6 is 15.9 Å². The number of nitrogens with one attached hydrogen (secondary N) is 1. The van der Waals surface area contributed by atoms with Crippen LogP contribution in [-0.4, -0.2) is 17.6 Å². The number of aromatic nitrogens is 1. The predicted molar refractivity (Wildman–Crippen MR) is 108 cm³/mol. The van der Waals surface area contributed by atoms with E-state index >= 15 is 0 Å². The number of halogens is 1. The monoisotopic (exact) mass is 431 g/mol. The van der Waals surface area contributed by atoms with Crippen LogP contribution in [0.2, 0.25) is 0 Å². The smallest absolute Gasteiger partial charge is 0.269 e. The zero-order valence-electron chi connectivity index (χ0n) is 15.8. The fraction of sp³-hybridized carbons (Fsp3) is 0.350. The molecule has 0 radical (unpaired) electrons.